The number of nitrogens with one attached hydrogen (secondary N) is 1. The summed E-state index contributed by atoms with van der Waals surface area (Å²) >= 11 is 11.6. The molecule has 25 heavy (non-hydrogen) atoms. The van der Waals surface area contributed by atoms with Crippen LogP contribution in [0.2, 0.25) is 5.02 Å². The molecule has 0 radical (unpaired) electrons. The van der Waals surface area contributed by atoms with E-state index in [4.69, 9.17) is 39.1 Å². The molecule has 0 atom stereocenters. The number of sulfonamides is 1. The molecule has 0 aliphatic carbocycles. The molecule has 0 bridgehead atoms. The maximum absolute atomic E-state index is 12.1. The lowest BCUT2D eigenvalue weighted by Crippen LogP contribution is -2.23. The highest BCUT2D eigenvalue weighted by atomic mass is 35.5. The molecule has 1 aromatic heterocycles. The summed E-state index contributed by atoms with van der Waals surface area (Å²) in [6.45, 7) is 4.04. The van der Waals surface area contributed by atoms with Crippen molar-refractivity contribution < 1.29 is 12.8 Å². The summed E-state index contributed by atoms with van der Waals surface area (Å²) in [4.78, 5) is -0.0325. The molecule has 6 nitrogen and oxygen atoms in total. The lowest BCUT2D eigenvalue weighted by Gasteiger charge is -2.22. The molecule has 2 rings (SSSR count). The number of rotatable bonds is 7. The Kier molecular flexibility index (Phi) is 6.10. The molecule has 136 valence electrons. The summed E-state index contributed by atoms with van der Waals surface area (Å²) in [5.41, 5.74) is 7.99. The Balaban J connectivity index is 2.76. The standard InChI is InChI=1S/C16H20ClN3O3S2/c1-3-10-12(16(18)24)14(20-8-9-6-5-7-23-9)11(4-2)13(17)15(10)25(19,21)22/h5-7,20H,3-4,8H2,1-2H3,(H2,18,24)(H2,19,21,22). The Morgan fingerprint density at radius 2 is 1.96 bits per heavy atom. The van der Waals surface area contributed by atoms with Gasteiger partial charge in [0.2, 0.25) is 10.0 Å². The molecule has 0 unspecified atom stereocenters. The van der Waals surface area contributed by atoms with Gasteiger partial charge in [-0.2, -0.15) is 0 Å². The number of furan rings is 1. The lowest BCUT2D eigenvalue weighted by molar-refractivity contribution is 0.518. The molecular weight excluding hydrogens is 382 g/mol. The van der Waals surface area contributed by atoms with Crippen molar-refractivity contribution in [1.82, 2.24) is 0 Å². The van der Waals surface area contributed by atoms with Crippen LogP contribution in [-0.4, -0.2) is 13.4 Å². The van der Waals surface area contributed by atoms with E-state index in [1.165, 1.54) is 0 Å². The Morgan fingerprint density at radius 1 is 1.32 bits per heavy atom. The fourth-order valence-electron chi connectivity index (χ4n) is 2.82. The third-order valence-electron chi connectivity index (χ3n) is 3.85. The van der Waals surface area contributed by atoms with Gasteiger partial charge in [0, 0.05) is 11.3 Å². The zero-order valence-electron chi connectivity index (χ0n) is 13.9. The maximum atomic E-state index is 12.1. The summed E-state index contributed by atoms with van der Waals surface area (Å²) in [5.74, 6) is 0.709. The van der Waals surface area contributed by atoms with E-state index in [1.807, 2.05) is 13.0 Å². The fourth-order valence-corrected chi connectivity index (χ4v) is 4.67. The van der Waals surface area contributed by atoms with Gasteiger partial charge in [0.05, 0.1) is 17.8 Å². The molecular formula is C16H20ClN3O3S2. The van der Waals surface area contributed by atoms with Crippen molar-refractivity contribution in [2.45, 2.75) is 38.1 Å². The molecule has 1 aromatic carbocycles. The predicted molar refractivity (Wildman–Crippen MR) is 104 cm³/mol. The average Bonchev–Trinajstić information content (AvgIpc) is 3.03. The number of primary sulfonamides is 1. The fraction of sp³-hybridized carbons (Fsp3) is 0.312. The number of hydrogen-bond acceptors (Lipinski definition) is 5. The number of anilines is 1. The monoisotopic (exact) mass is 401 g/mol. The molecule has 0 aliphatic heterocycles. The molecule has 0 fully saturated rings. The van der Waals surface area contributed by atoms with E-state index < -0.39 is 10.0 Å². The first-order valence-electron chi connectivity index (χ1n) is 7.68. The molecule has 9 heteroatoms. The van der Waals surface area contributed by atoms with Crippen LogP contribution in [0.3, 0.4) is 0 Å². The molecule has 0 amide bonds. The summed E-state index contributed by atoms with van der Waals surface area (Å²) in [6.07, 6.45) is 2.40. The van der Waals surface area contributed by atoms with Gasteiger partial charge in [0.15, 0.2) is 0 Å². The van der Waals surface area contributed by atoms with E-state index in [0.717, 1.165) is 0 Å². The smallest absolute Gasteiger partial charge is 0.239 e. The van der Waals surface area contributed by atoms with Crippen molar-refractivity contribution in [1.29, 1.82) is 0 Å². The predicted octanol–water partition coefficient (Wildman–Crippen LogP) is 2.95. The van der Waals surface area contributed by atoms with Gasteiger partial charge in [-0.3, -0.25) is 0 Å². The first-order chi connectivity index (χ1) is 11.7. The quantitative estimate of drug-likeness (QED) is 0.615. The second-order valence-electron chi connectivity index (χ2n) is 5.40. The molecule has 0 saturated carbocycles. The molecule has 1 heterocycles. The normalized spacial score (nSPS) is 11.5. The highest BCUT2D eigenvalue weighted by Gasteiger charge is 2.28. The van der Waals surface area contributed by atoms with E-state index in [-0.39, 0.29) is 14.9 Å². The topological polar surface area (TPSA) is 111 Å². The molecule has 0 saturated heterocycles. The van der Waals surface area contributed by atoms with Crippen LogP contribution in [0.25, 0.3) is 0 Å². The van der Waals surface area contributed by atoms with E-state index in [2.05, 4.69) is 5.32 Å². The minimum Gasteiger partial charge on any atom is -0.467 e. The number of halogens is 1. The van der Waals surface area contributed by atoms with Crippen LogP contribution in [0.1, 0.15) is 36.3 Å². The Hall–Kier alpha value is -1.61. The van der Waals surface area contributed by atoms with Gasteiger partial charge in [-0.25, -0.2) is 13.6 Å². The highest BCUT2D eigenvalue weighted by molar-refractivity contribution is 7.89. The van der Waals surface area contributed by atoms with Gasteiger partial charge in [-0.05, 0) is 36.1 Å². The Bertz CT molecular complexity index is 894. The van der Waals surface area contributed by atoms with E-state index in [1.54, 1.807) is 19.3 Å². The second-order valence-corrected chi connectivity index (χ2v) is 7.72. The first kappa shape index (κ1) is 19.7. The van der Waals surface area contributed by atoms with Crippen molar-refractivity contribution in [3.05, 3.63) is 45.9 Å². The van der Waals surface area contributed by atoms with Crippen LogP contribution in [-0.2, 0) is 29.4 Å². The summed E-state index contributed by atoms with van der Waals surface area (Å²) in [7, 11) is -4.03. The summed E-state index contributed by atoms with van der Waals surface area (Å²) in [6, 6.07) is 3.60. The molecule has 2 aromatic rings. The third-order valence-corrected chi connectivity index (χ3v) is 5.60. The minimum atomic E-state index is -4.03. The largest absolute Gasteiger partial charge is 0.467 e. The van der Waals surface area contributed by atoms with Gasteiger partial charge >= 0.3 is 0 Å². The van der Waals surface area contributed by atoms with E-state index >= 15 is 0 Å². The van der Waals surface area contributed by atoms with E-state index in [9.17, 15) is 8.42 Å². The summed E-state index contributed by atoms with van der Waals surface area (Å²) < 4.78 is 29.5. The zero-order chi connectivity index (χ0) is 18.8. The van der Waals surface area contributed by atoms with Gasteiger partial charge in [0.25, 0.3) is 0 Å². The van der Waals surface area contributed by atoms with Crippen LogP contribution in [0, 0.1) is 0 Å². The number of benzene rings is 1. The van der Waals surface area contributed by atoms with E-state index in [0.29, 0.717) is 47.5 Å². The van der Waals surface area contributed by atoms with Crippen LogP contribution in [0.15, 0.2) is 27.7 Å². The van der Waals surface area contributed by atoms with Crippen LogP contribution in [0.5, 0.6) is 0 Å². The maximum Gasteiger partial charge on any atom is 0.239 e. The Labute approximate surface area is 157 Å². The van der Waals surface area contributed by atoms with Crippen molar-refractivity contribution in [3.63, 3.8) is 0 Å². The molecule has 0 spiro atoms. The van der Waals surface area contributed by atoms with Crippen molar-refractivity contribution in [2.75, 3.05) is 5.32 Å². The van der Waals surface area contributed by atoms with Crippen LogP contribution >= 0.6 is 23.8 Å². The van der Waals surface area contributed by atoms with Gasteiger partial charge < -0.3 is 15.5 Å². The highest BCUT2D eigenvalue weighted by Crippen LogP contribution is 2.39. The van der Waals surface area contributed by atoms with Crippen molar-refractivity contribution >= 4 is 44.5 Å². The molecule has 5 N–H and O–H groups in total. The average molecular weight is 402 g/mol. The zero-order valence-corrected chi connectivity index (χ0v) is 16.3. The van der Waals surface area contributed by atoms with Gasteiger partial charge in [-0.15, -0.1) is 0 Å². The number of hydrogen-bond donors (Lipinski definition) is 3. The van der Waals surface area contributed by atoms with Crippen molar-refractivity contribution in [2.24, 2.45) is 10.9 Å². The van der Waals surface area contributed by atoms with Gasteiger partial charge in [-0.1, -0.05) is 37.7 Å². The number of nitrogens with two attached hydrogens (primary N) is 2. The third kappa shape index (κ3) is 3.98. The van der Waals surface area contributed by atoms with Crippen LogP contribution in [0.4, 0.5) is 5.69 Å². The SMILES string of the molecule is CCc1c(Cl)c(S(N)(=O)=O)c(CC)c(C(N)=S)c1NCc1ccco1. The number of thiocarbonyl (C=S) groups is 1. The summed E-state index contributed by atoms with van der Waals surface area (Å²) in [5, 5.41) is 8.73. The second kappa shape index (κ2) is 7.74. The first-order valence-corrected chi connectivity index (χ1v) is 10.0. The lowest BCUT2D eigenvalue weighted by atomic mass is 9.97. The molecule has 0 aliphatic rings. The van der Waals surface area contributed by atoms with Crippen LogP contribution < -0.4 is 16.2 Å². The Morgan fingerprint density at radius 3 is 2.40 bits per heavy atom. The van der Waals surface area contributed by atoms with Crippen molar-refractivity contribution in [3.8, 4) is 0 Å². The van der Waals surface area contributed by atoms with Gasteiger partial charge in [0.1, 0.15) is 15.6 Å². The minimum absolute atomic E-state index is 0.0788.